The molecular weight excluding hydrogens is 268 g/mol. The highest BCUT2D eigenvalue weighted by atomic mass is 16.5. The summed E-state index contributed by atoms with van der Waals surface area (Å²) in [4.78, 5) is 14.1. The Morgan fingerprint density at radius 3 is 2.62 bits per heavy atom. The van der Waals surface area contributed by atoms with Gasteiger partial charge in [0.1, 0.15) is 0 Å². The average molecular weight is 294 g/mol. The number of amides is 2. The molecule has 1 saturated heterocycles. The highest BCUT2D eigenvalue weighted by Crippen LogP contribution is 2.50. The summed E-state index contributed by atoms with van der Waals surface area (Å²) in [6.45, 7) is 4.12. The van der Waals surface area contributed by atoms with E-state index in [1.165, 1.54) is 0 Å². The second-order valence-corrected chi connectivity index (χ2v) is 6.50. The maximum atomic E-state index is 12.3. The molecule has 5 heteroatoms. The molecule has 21 heavy (non-hydrogen) atoms. The molecule has 1 heterocycles. The number of aliphatic hydroxyl groups is 1. The van der Waals surface area contributed by atoms with Gasteiger partial charge in [0, 0.05) is 37.6 Å². The highest BCUT2D eigenvalue weighted by Gasteiger charge is 2.56. The van der Waals surface area contributed by atoms with Gasteiger partial charge in [-0.15, -0.1) is 0 Å². The van der Waals surface area contributed by atoms with E-state index in [-0.39, 0.29) is 29.7 Å². The fraction of sp³-hybridized carbons (Fsp3) is 0.812. The van der Waals surface area contributed by atoms with Crippen LogP contribution in [-0.4, -0.2) is 54.0 Å². The van der Waals surface area contributed by atoms with E-state index in [0.29, 0.717) is 19.7 Å². The Kier molecular flexibility index (Phi) is 4.22. The Morgan fingerprint density at radius 2 is 2.05 bits per heavy atom. The van der Waals surface area contributed by atoms with Gasteiger partial charge in [-0.2, -0.15) is 0 Å². The number of hydrogen-bond donors (Lipinski definition) is 2. The molecule has 2 amide bonds. The van der Waals surface area contributed by atoms with E-state index in [0.717, 1.165) is 32.1 Å². The molecule has 0 bridgehead atoms. The monoisotopic (exact) mass is 294 g/mol. The average Bonchev–Trinajstić information content (AvgIpc) is 3.00. The molecule has 2 atom stereocenters. The SMILES string of the molecule is CCO[C@H]1C[C@H](O)C12CCN(C(=O)NC1CC=CC1)CC2. The lowest BCUT2D eigenvalue weighted by atomic mass is 9.58. The summed E-state index contributed by atoms with van der Waals surface area (Å²) in [6.07, 6.45) is 8.45. The molecular formula is C16H26N2O3. The lowest BCUT2D eigenvalue weighted by molar-refractivity contribution is -0.207. The van der Waals surface area contributed by atoms with Crippen molar-refractivity contribution in [3.8, 4) is 0 Å². The zero-order chi connectivity index (χ0) is 14.9. The largest absolute Gasteiger partial charge is 0.392 e. The van der Waals surface area contributed by atoms with Crippen LogP contribution in [0.25, 0.3) is 0 Å². The molecule has 5 nitrogen and oxygen atoms in total. The molecule has 0 aromatic heterocycles. The standard InChI is InChI=1S/C16H26N2O3/c1-2-21-14-11-13(19)16(14)7-9-18(10-8-16)15(20)17-12-5-3-4-6-12/h3-4,12-14,19H,2,5-11H2,1H3,(H,17,20)/t13-,14-/m0/s1. The van der Waals surface area contributed by atoms with E-state index in [9.17, 15) is 9.90 Å². The third-order valence-electron chi connectivity index (χ3n) is 5.43. The topological polar surface area (TPSA) is 61.8 Å². The van der Waals surface area contributed by atoms with Crippen LogP contribution in [0.4, 0.5) is 4.79 Å². The maximum Gasteiger partial charge on any atom is 0.317 e. The van der Waals surface area contributed by atoms with E-state index in [1.807, 2.05) is 11.8 Å². The molecule has 2 fully saturated rings. The summed E-state index contributed by atoms with van der Waals surface area (Å²) in [6, 6.07) is 0.305. The van der Waals surface area contributed by atoms with Gasteiger partial charge in [0.15, 0.2) is 0 Å². The zero-order valence-electron chi connectivity index (χ0n) is 12.8. The van der Waals surface area contributed by atoms with Gasteiger partial charge in [0.2, 0.25) is 0 Å². The van der Waals surface area contributed by atoms with Crippen LogP contribution in [-0.2, 0) is 4.74 Å². The van der Waals surface area contributed by atoms with E-state index in [4.69, 9.17) is 4.74 Å². The summed E-state index contributed by atoms with van der Waals surface area (Å²) in [7, 11) is 0. The van der Waals surface area contributed by atoms with Crippen molar-refractivity contribution in [3.63, 3.8) is 0 Å². The predicted octanol–water partition coefficient (Wildman–Crippen LogP) is 1.67. The second-order valence-electron chi connectivity index (χ2n) is 6.50. The molecule has 0 unspecified atom stereocenters. The Morgan fingerprint density at radius 1 is 1.38 bits per heavy atom. The van der Waals surface area contributed by atoms with Gasteiger partial charge in [-0.05, 0) is 32.6 Å². The van der Waals surface area contributed by atoms with Crippen LogP contribution in [0.15, 0.2) is 12.2 Å². The van der Waals surface area contributed by atoms with Gasteiger partial charge in [-0.25, -0.2) is 4.79 Å². The van der Waals surface area contributed by atoms with Crippen molar-refractivity contribution in [3.05, 3.63) is 12.2 Å². The number of piperidine rings is 1. The lowest BCUT2D eigenvalue weighted by Crippen LogP contribution is -2.63. The number of nitrogens with zero attached hydrogens (tertiary/aromatic N) is 1. The van der Waals surface area contributed by atoms with Gasteiger partial charge in [-0.3, -0.25) is 0 Å². The van der Waals surface area contributed by atoms with Crippen molar-refractivity contribution in [1.29, 1.82) is 0 Å². The quantitative estimate of drug-likeness (QED) is 0.778. The van der Waals surface area contributed by atoms with E-state index in [1.54, 1.807) is 0 Å². The number of likely N-dealkylation sites (tertiary alicyclic amines) is 1. The van der Waals surface area contributed by atoms with Crippen LogP contribution in [0.3, 0.4) is 0 Å². The molecule has 1 spiro atoms. The minimum atomic E-state index is -0.265. The molecule has 0 radical (unpaired) electrons. The molecule has 2 aliphatic carbocycles. The summed E-state index contributed by atoms with van der Waals surface area (Å²) >= 11 is 0. The van der Waals surface area contributed by atoms with E-state index in [2.05, 4.69) is 17.5 Å². The van der Waals surface area contributed by atoms with Crippen molar-refractivity contribution in [1.82, 2.24) is 10.2 Å². The van der Waals surface area contributed by atoms with Crippen molar-refractivity contribution in [2.45, 2.75) is 57.3 Å². The fourth-order valence-corrected chi connectivity index (χ4v) is 3.94. The molecule has 0 aromatic carbocycles. The first kappa shape index (κ1) is 14.9. The van der Waals surface area contributed by atoms with E-state index < -0.39 is 0 Å². The maximum absolute atomic E-state index is 12.3. The van der Waals surface area contributed by atoms with Gasteiger partial charge < -0.3 is 20.1 Å². The second kappa shape index (κ2) is 5.97. The third kappa shape index (κ3) is 2.69. The number of ether oxygens (including phenoxy) is 1. The van der Waals surface area contributed by atoms with Crippen LogP contribution in [0.1, 0.15) is 39.0 Å². The minimum absolute atomic E-state index is 0.0420. The lowest BCUT2D eigenvalue weighted by Gasteiger charge is -2.56. The van der Waals surface area contributed by atoms with Crippen molar-refractivity contribution >= 4 is 6.03 Å². The molecule has 2 N–H and O–H groups in total. The van der Waals surface area contributed by atoms with Gasteiger partial charge >= 0.3 is 6.03 Å². The molecule has 3 rings (SSSR count). The predicted molar refractivity (Wildman–Crippen MR) is 80.0 cm³/mol. The zero-order valence-corrected chi connectivity index (χ0v) is 12.8. The van der Waals surface area contributed by atoms with E-state index >= 15 is 0 Å². The van der Waals surface area contributed by atoms with Crippen molar-refractivity contribution in [2.75, 3.05) is 19.7 Å². The van der Waals surface area contributed by atoms with Crippen molar-refractivity contribution < 1.29 is 14.6 Å². The van der Waals surface area contributed by atoms with Crippen molar-refractivity contribution in [2.24, 2.45) is 5.41 Å². The number of carbonyl (C=O) groups is 1. The molecule has 3 aliphatic rings. The number of nitrogens with one attached hydrogen (secondary N) is 1. The smallest absolute Gasteiger partial charge is 0.317 e. The van der Waals surface area contributed by atoms with Crippen LogP contribution < -0.4 is 5.32 Å². The molecule has 0 aromatic rings. The van der Waals surface area contributed by atoms with Crippen LogP contribution >= 0.6 is 0 Å². The Labute approximate surface area is 126 Å². The number of rotatable bonds is 3. The summed E-state index contributed by atoms with van der Waals surface area (Å²) in [5.41, 5.74) is -0.109. The van der Waals surface area contributed by atoms with Gasteiger partial charge in [-0.1, -0.05) is 12.2 Å². The van der Waals surface area contributed by atoms with Crippen LogP contribution in [0.5, 0.6) is 0 Å². The number of hydrogen-bond acceptors (Lipinski definition) is 3. The molecule has 1 saturated carbocycles. The molecule has 1 aliphatic heterocycles. The first-order valence-electron chi connectivity index (χ1n) is 8.16. The number of urea groups is 1. The number of carbonyl (C=O) groups excluding carboxylic acids is 1. The normalized spacial score (nSPS) is 31.4. The number of aliphatic hydroxyl groups excluding tert-OH is 1. The first-order valence-corrected chi connectivity index (χ1v) is 8.16. The summed E-state index contributed by atoms with van der Waals surface area (Å²) in [5, 5.41) is 13.3. The third-order valence-corrected chi connectivity index (χ3v) is 5.43. The summed E-state index contributed by atoms with van der Waals surface area (Å²) < 4.78 is 5.76. The Bertz CT molecular complexity index is 406. The highest BCUT2D eigenvalue weighted by molar-refractivity contribution is 5.74. The first-order chi connectivity index (χ1) is 10.2. The Balaban J connectivity index is 1.51. The fourth-order valence-electron chi connectivity index (χ4n) is 3.94. The van der Waals surface area contributed by atoms with Crippen LogP contribution in [0.2, 0.25) is 0 Å². The van der Waals surface area contributed by atoms with Crippen LogP contribution in [0, 0.1) is 5.41 Å². The van der Waals surface area contributed by atoms with Gasteiger partial charge in [0.25, 0.3) is 0 Å². The minimum Gasteiger partial charge on any atom is -0.392 e. The molecule has 118 valence electrons. The Hall–Kier alpha value is -1.07. The van der Waals surface area contributed by atoms with Gasteiger partial charge in [0.05, 0.1) is 12.2 Å². The summed E-state index contributed by atoms with van der Waals surface area (Å²) in [5.74, 6) is 0.